The summed E-state index contributed by atoms with van der Waals surface area (Å²) in [4.78, 5) is 67.3. The number of nitrogens with one attached hydrogen (secondary N) is 1. The normalized spacial score (nSPS) is 18.1. The van der Waals surface area contributed by atoms with Crippen LogP contribution in [0.5, 0.6) is 11.5 Å². The Kier molecular flexibility index (Phi) is 9.08. The summed E-state index contributed by atoms with van der Waals surface area (Å²) in [6.07, 6.45) is -1.69. The summed E-state index contributed by atoms with van der Waals surface area (Å²) in [6.45, 7) is 3.79. The number of rotatable bonds is 8. The van der Waals surface area contributed by atoms with Crippen LogP contribution in [-0.2, 0) is 34.5 Å². The highest BCUT2D eigenvalue weighted by molar-refractivity contribution is 6.23. The molecule has 0 bridgehead atoms. The lowest BCUT2D eigenvalue weighted by molar-refractivity contribution is 0.0485. The first-order valence-corrected chi connectivity index (χ1v) is 15.4. The predicted octanol–water partition coefficient (Wildman–Crippen LogP) is 3.95. The number of nitrogens with zero attached hydrogens (tertiary/aromatic N) is 3. The maximum atomic E-state index is 13.6. The first-order chi connectivity index (χ1) is 23.9. The van der Waals surface area contributed by atoms with Crippen LogP contribution in [0.1, 0.15) is 48.9 Å². The monoisotopic (exact) mass is 686 g/mol. The number of aliphatic hydroxyl groups is 1. The van der Waals surface area contributed by atoms with E-state index >= 15 is 0 Å². The van der Waals surface area contributed by atoms with Gasteiger partial charge in [0.05, 0.1) is 49.9 Å². The molecule has 6 rings (SSSR count). The van der Waals surface area contributed by atoms with Gasteiger partial charge in [-0.05, 0) is 36.2 Å². The Balaban J connectivity index is 1.10. The van der Waals surface area contributed by atoms with Gasteiger partial charge in [0.1, 0.15) is 18.9 Å². The maximum Gasteiger partial charge on any atom is 0.416 e. The number of aromatic nitrogens is 1. The van der Waals surface area contributed by atoms with Crippen LogP contribution in [0, 0.1) is 0 Å². The number of fused-ring (bicyclic) bond motifs is 3. The van der Waals surface area contributed by atoms with Gasteiger partial charge in [-0.3, -0.25) is 19.7 Å². The fourth-order valence-electron chi connectivity index (χ4n) is 6.23. The van der Waals surface area contributed by atoms with E-state index in [1.165, 1.54) is 49.0 Å². The Morgan fingerprint density at radius 1 is 0.940 bits per heavy atom. The van der Waals surface area contributed by atoms with Crippen molar-refractivity contribution in [2.24, 2.45) is 7.05 Å². The largest absolute Gasteiger partial charge is 0.493 e. The molecule has 1 aliphatic carbocycles. The van der Waals surface area contributed by atoms with E-state index in [9.17, 15) is 29.1 Å². The number of ether oxygens (including phenoxy) is 5. The molecule has 1 aromatic heterocycles. The third kappa shape index (κ3) is 6.02. The molecule has 3 aromatic rings. The number of carbonyl (C=O) groups excluding carboxylic acids is 5. The van der Waals surface area contributed by atoms with Gasteiger partial charge >= 0.3 is 12.2 Å². The van der Waals surface area contributed by atoms with Gasteiger partial charge in [-0.2, -0.15) is 0 Å². The highest BCUT2D eigenvalue weighted by atomic mass is 16.6. The van der Waals surface area contributed by atoms with Crippen molar-refractivity contribution >= 4 is 41.0 Å². The van der Waals surface area contributed by atoms with Gasteiger partial charge in [-0.25, -0.2) is 14.5 Å². The highest BCUT2D eigenvalue weighted by Crippen LogP contribution is 2.41. The molecule has 3 heterocycles. The molecule has 50 heavy (non-hydrogen) atoms. The van der Waals surface area contributed by atoms with Crippen LogP contribution in [0.4, 0.5) is 21.0 Å². The molecule has 2 N–H and O–H groups in total. The number of anilines is 2. The van der Waals surface area contributed by atoms with Crippen molar-refractivity contribution in [3.8, 4) is 11.5 Å². The predicted molar refractivity (Wildman–Crippen MR) is 176 cm³/mol. The minimum Gasteiger partial charge on any atom is -0.493 e. The molecule has 2 atom stereocenters. The molecular formula is C35H34N4O11. The van der Waals surface area contributed by atoms with E-state index in [1.807, 2.05) is 0 Å². The number of hydrogen-bond acceptors (Lipinski definition) is 11. The quantitative estimate of drug-likeness (QED) is 0.328. The molecule has 0 radical (unpaired) electrons. The third-order valence-electron chi connectivity index (χ3n) is 8.78. The fraction of sp³-hybridized carbons (Fsp3) is 0.286. The van der Waals surface area contributed by atoms with Crippen LogP contribution in [0.3, 0.4) is 0 Å². The van der Waals surface area contributed by atoms with Crippen LogP contribution in [0.15, 0.2) is 66.5 Å². The number of aliphatic hydroxyl groups excluding tert-OH is 1. The molecule has 260 valence electrons. The van der Waals surface area contributed by atoms with E-state index in [0.717, 1.165) is 16.5 Å². The smallest absolute Gasteiger partial charge is 0.416 e. The van der Waals surface area contributed by atoms with Gasteiger partial charge in [-0.15, -0.1) is 0 Å². The zero-order valence-electron chi connectivity index (χ0n) is 27.7. The van der Waals surface area contributed by atoms with Crippen LogP contribution >= 0.6 is 0 Å². The number of Topliss-reactive ketones (excluding diaryl/α,β-unsaturated/α-hetero) is 1. The zero-order chi connectivity index (χ0) is 35.9. The first kappa shape index (κ1) is 33.8. The van der Waals surface area contributed by atoms with Crippen LogP contribution in [0.2, 0.25) is 0 Å². The molecule has 0 saturated carbocycles. The van der Waals surface area contributed by atoms with Crippen molar-refractivity contribution in [3.05, 3.63) is 94.5 Å². The van der Waals surface area contributed by atoms with Crippen molar-refractivity contribution in [1.82, 2.24) is 9.47 Å². The van der Waals surface area contributed by atoms with Gasteiger partial charge in [0.25, 0.3) is 5.91 Å². The number of allylic oxidation sites excluding steroid dienone is 2. The Labute approximate surface area is 286 Å². The average Bonchev–Trinajstić information content (AvgIpc) is 3.65. The summed E-state index contributed by atoms with van der Waals surface area (Å²) in [5.41, 5.74) is 2.70. The summed E-state index contributed by atoms with van der Waals surface area (Å²) in [5.74, 6) is -0.757. The van der Waals surface area contributed by atoms with E-state index in [0.29, 0.717) is 23.4 Å². The summed E-state index contributed by atoms with van der Waals surface area (Å²) in [5, 5.41) is 14.0. The summed E-state index contributed by atoms with van der Waals surface area (Å²) >= 11 is 0. The second kappa shape index (κ2) is 13.4. The standard InChI is InChI=1S/C35H34N4O11/c1-18-10-25-33(43)39(24-13-28(47-4)27(46-3)12-22(24)32(42)38(25)15-18)35(45)50-16-19-6-8-20(9-7-19)36-34(44)49-17-21-11-23-30(37(21)2)26(40)14-29(48-5)31(23)41/h6-9,11-14,25,33,43H,1,10,15-17H2,2-5H3,(H,36,44). The lowest BCUT2D eigenvalue weighted by Crippen LogP contribution is -2.50. The Morgan fingerprint density at radius 3 is 2.32 bits per heavy atom. The lowest BCUT2D eigenvalue weighted by atomic mass is 10.0. The number of methoxy groups -OCH3 is 3. The van der Waals surface area contributed by atoms with Gasteiger partial charge < -0.3 is 38.3 Å². The van der Waals surface area contributed by atoms with Gasteiger partial charge in [0.2, 0.25) is 11.6 Å². The number of amides is 3. The van der Waals surface area contributed by atoms with E-state index in [4.69, 9.17) is 23.7 Å². The van der Waals surface area contributed by atoms with E-state index in [2.05, 4.69) is 11.9 Å². The van der Waals surface area contributed by atoms with E-state index < -0.39 is 41.9 Å². The minimum atomic E-state index is -1.44. The second-order valence-electron chi connectivity index (χ2n) is 11.8. The fourth-order valence-corrected chi connectivity index (χ4v) is 6.23. The first-order valence-electron chi connectivity index (χ1n) is 15.4. The lowest BCUT2D eigenvalue weighted by Gasteiger charge is -2.31. The van der Waals surface area contributed by atoms with Gasteiger partial charge in [0.15, 0.2) is 23.5 Å². The van der Waals surface area contributed by atoms with E-state index in [1.54, 1.807) is 31.3 Å². The minimum absolute atomic E-state index is 0.0633. The Bertz CT molecular complexity index is 1960. The van der Waals surface area contributed by atoms with Crippen LogP contribution in [0.25, 0.3) is 0 Å². The van der Waals surface area contributed by atoms with Gasteiger partial charge in [0, 0.05) is 31.4 Å². The van der Waals surface area contributed by atoms with Crippen molar-refractivity contribution in [1.29, 1.82) is 0 Å². The molecule has 2 aromatic carbocycles. The summed E-state index contributed by atoms with van der Waals surface area (Å²) in [6, 6.07) is 10.1. The van der Waals surface area contributed by atoms with Crippen molar-refractivity contribution in [3.63, 3.8) is 0 Å². The van der Waals surface area contributed by atoms with Crippen LogP contribution in [-0.4, -0.2) is 84.4 Å². The topological polar surface area (TPSA) is 175 Å². The Morgan fingerprint density at radius 2 is 1.64 bits per heavy atom. The summed E-state index contributed by atoms with van der Waals surface area (Å²) < 4.78 is 28.2. The molecule has 15 heteroatoms. The van der Waals surface area contributed by atoms with E-state index in [-0.39, 0.29) is 59.5 Å². The number of carbonyl (C=O) groups is 5. The molecular weight excluding hydrogens is 652 g/mol. The molecule has 1 fully saturated rings. The average molecular weight is 687 g/mol. The Hall–Kier alpha value is -6.09. The molecule has 0 spiro atoms. The molecule has 1 saturated heterocycles. The SMILES string of the molecule is C=C1CC2C(O)N(C(=O)OCc3ccc(NC(=O)OCc4cc5c(n4C)C(=O)C=C(OC)C5=O)cc3)c3cc(OC)c(OC)cc3C(=O)N2C1. The molecule has 3 amide bonds. The molecule has 3 aliphatic rings. The molecule has 2 aliphatic heterocycles. The number of benzene rings is 2. The van der Waals surface area contributed by atoms with Crippen molar-refractivity contribution in [2.45, 2.75) is 31.9 Å². The molecule has 2 unspecified atom stereocenters. The van der Waals surface area contributed by atoms with Crippen molar-refractivity contribution in [2.75, 3.05) is 38.1 Å². The number of ketones is 2. The third-order valence-corrected chi connectivity index (χ3v) is 8.78. The van der Waals surface area contributed by atoms with Crippen molar-refractivity contribution < 1.29 is 52.8 Å². The maximum absolute atomic E-state index is 13.6. The van der Waals surface area contributed by atoms with Crippen LogP contribution < -0.4 is 19.7 Å². The number of hydrogen-bond donors (Lipinski definition) is 2. The summed E-state index contributed by atoms with van der Waals surface area (Å²) in [7, 11) is 5.74. The van der Waals surface area contributed by atoms with Gasteiger partial charge in [-0.1, -0.05) is 24.3 Å². The molecule has 15 nitrogen and oxygen atoms in total. The highest BCUT2D eigenvalue weighted by Gasteiger charge is 2.46. The zero-order valence-corrected chi connectivity index (χ0v) is 27.7. The second-order valence-corrected chi connectivity index (χ2v) is 11.8.